The first-order valence-corrected chi connectivity index (χ1v) is 11.4. The Morgan fingerprint density at radius 3 is 2.57 bits per heavy atom. The van der Waals surface area contributed by atoms with Crippen molar-refractivity contribution >= 4 is 16.8 Å². The summed E-state index contributed by atoms with van der Waals surface area (Å²) in [6.07, 6.45) is 6.60. The van der Waals surface area contributed by atoms with E-state index in [1.54, 1.807) is 11.7 Å². The number of hydrogen-bond donors (Lipinski definition) is 0. The quantitative estimate of drug-likeness (QED) is 0.616. The Labute approximate surface area is 180 Å². The van der Waals surface area contributed by atoms with Gasteiger partial charge in [0.1, 0.15) is 12.3 Å². The van der Waals surface area contributed by atoms with Gasteiger partial charge in [0.2, 0.25) is 5.91 Å². The third-order valence-electron chi connectivity index (χ3n) is 6.10. The number of fused-ring (bicyclic) bond motifs is 1. The van der Waals surface area contributed by atoms with E-state index in [1.807, 2.05) is 29.2 Å². The molecule has 3 rings (SSSR count). The van der Waals surface area contributed by atoms with Crippen LogP contribution in [-0.2, 0) is 11.3 Å². The molecule has 2 aromatic rings. The van der Waals surface area contributed by atoms with Gasteiger partial charge in [-0.25, -0.2) is 0 Å². The van der Waals surface area contributed by atoms with E-state index in [1.165, 1.54) is 19.3 Å². The molecule has 1 aliphatic carbocycles. The molecule has 0 atom stereocenters. The first-order valence-electron chi connectivity index (χ1n) is 11.4. The molecule has 1 heterocycles. The monoisotopic (exact) mass is 412 g/mol. The number of benzene rings is 1. The Hall–Kier alpha value is -2.30. The molecule has 5 nitrogen and oxygen atoms in total. The molecule has 1 aliphatic rings. The van der Waals surface area contributed by atoms with E-state index in [4.69, 9.17) is 4.74 Å². The number of nitrogens with zero attached hydrogens (tertiary/aromatic N) is 2. The van der Waals surface area contributed by atoms with Crippen molar-refractivity contribution in [3.8, 4) is 5.75 Å². The van der Waals surface area contributed by atoms with Crippen LogP contribution in [0.2, 0.25) is 0 Å². The number of aromatic nitrogens is 1. The average molecular weight is 413 g/mol. The van der Waals surface area contributed by atoms with Crippen LogP contribution in [0.1, 0.15) is 70.8 Å². The Kier molecular flexibility index (Phi) is 7.57. The van der Waals surface area contributed by atoms with Gasteiger partial charge in [0.05, 0.1) is 12.6 Å². The second kappa shape index (κ2) is 10.1. The smallest absolute Gasteiger partial charge is 0.255 e. The molecule has 0 bridgehead atoms. The summed E-state index contributed by atoms with van der Waals surface area (Å²) in [5.41, 5.74) is 1.62. The molecule has 164 valence electrons. The first-order chi connectivity index (χ1) is 14.4. The number of hydrogen-bond acceptors (Lipinski definition) is 3. The second-order valence-electron chi connectivity index (χ2n) is 8.98. The number of carbonyl (C=O) groups is 1. The van der Waals surface area contributed by atoms with E-state index < -0.39 is 0 Å². The summed E-state index contributed by atoms with van der Waals surface area (Å²) >= 11 is 0. The maximum Gasteiger partial charge on any atom is 0.255 e. The maximum atomic E-state index is 13.6. The van der Waals surface area contributed by atoms with E-state index in [-0.39, 0.29) is 18.0 Å². The molecule has 0 unspecified atom stereocenters. The van der Waals surface area contributed by atoms with Crippen molar-refractivity contribution in [1.29, 1.82) is 0 Å². The zero-order valence-corrected chi connectivity index (χ0v) is 18.9. The van der Waals surface area contributed by atoms with E-state index in [2.05, 4.69) is 20.8 Å². The van der Waals surface area contributed by atoms with Crippen LogP contribution in [0.4, 0.5) is 0 Å². The van der Waals surface area contributed by atoms with Crippen LogP contribution in [0.5, 0.6) is 5.75 Å². The Balaban J connectivity index is 2.06. The maximum absolute atomic E-state index is 13.6. The fourth-order valence-electron chi connectivity index (χ4n) is 4.63. The van der Waals surface area contributed by atoms with Crippen molar-refractivity contribution in [2.24, 2.45) is 5.92 Å². The minimum atomic E-state index is -0.0167. The van der Waals surface area contributed by atoms with Crippen LogP contribution in [0, 0.1) is 5.92 Å². The molecule has 0 spiro atoms. The van der Waals surface area contributed by atoms with Crippen molar-refractivity contribution < 1.29 is 9.53 Å². The van der Waals surface area contributed by atoms with Gasteiger partial charge in [-0.15, -0.1) is 0 Å². The zero-order valence-electron chi connectivity index (χ0n) is 18.9. The SMILES string of the molecule is CCCN(CC(C)C)C(=O)Cn1c(=O)c(C2CCCCC2)cc2ccc(OC)cc21. The van der Waals surface area contributed by atoms with Gasteiger partial charge >= 0.3 is 0 Å². The normalized spacial score (nSPS) is 15.0. The summed E-state index contributed by atoms with van der Waals surface area (Å²) in [5, 5.41) is 0.995. The lowest BCUT2D eigenvalue weighted by molar-refractivity contribution is -0.132. The lowest BCUT2D eigenvalue weighted by Crippen LogP contribution is -2.39. The van der Waals surface area contributed by atoms with E-state index in [0.29, 0.717) is 24.1 Å². The van der Waals surface area contributed by atoms with Crippen molar-refractivity contribution in [2.45, 2.75) is 71.8 Å². The summed E-state index contributed by atoms with van der Waals surface area (Å²) < 4.78 is 7.08. The van der Waals surface area contributed by atoms with Crippen LogP contribution in [0.15, 0.2) is 29.1 Å². The highest BCUT2D eigenvalue weighted by Crippen LogP contribution is 2.32. The van der Waals surface area contributed by atoms with Crippen LogP contribution in [-0.4, -0.2) is 35.6 Å². The number of amides is 1. The summed E-state index contributed by atoms with van der Waals surface area (Å²) in [7, 11) is 1.62. The van der Waals surface area contributed by atoms with Crippen molar-refractivity contribution in [3.63, 3.8) is 0 Å². The van der Waals surface area contributed by atoms with Gasteiger partial charge in [0, 0.05) is 24.7 Å². The number of ether oxygens (including phenoxy) is 1. The highest BCUT2D eigenvalue weighted by molar-refractivity contribution is 5.84. The summed E-state index contributed by atoms with van der Waals surface area (Å²) in [4.78, 5) is 28.7. The van der Waals surface area contributed by atoms with Gasteiger partial charge in [-0.05, 0) is 54.7 Å². The molecule has 1 saturated carbocycles. The predicted octanol–water partition coefficient (Wildman–Crippen LogP) is 4.95. The fourth-order valence-corrected chi connectivity index (χ4v) is 4.63. The number of pyridine rings is 1. The third kappa shape index (κ3) is 5.05. The van der Waals surface area contributed by atoms with Crippen molar-refractivity contribution in [1.82, 2.24) is 9.47 Å². The van der Waals surface area contributed by atoms with Crippen LogP contribution in [0.3, 0.4) is 0 Å². The zero-order chi connectivity index (χ0) is 21.7. The van der Waals surface area contributed by atoms with Crippen molar-refractivity contribution in [2.75, 3.05) is 20.2 Å². The second-order valence-corrected chi connectivity index (χ2v) is 8.98. The van der Waals surface area contributed by atoms with Gasteiger partial charge < -0.3 is 9.64 Å². The highest BCUT2D eigenvalue weighted by atomic mass is 16.5. The molecule has 0 aliphatic heterocycles. The summed E-state index contributed by atoms with van der Waals surface area (Å²) in [6.45, 7) is 7.82. The van der Waals surface area contributed by atoms with Crippen LogP contribution >= 0.6 is 0 Å². The van der Waals surface area contributed by atoms with E-state index in [9.17, 15) is 9.59 Å². The number of carbonyl (C=O) groups excluding carboxylic acids is 1. The Bertz CT molecular complexity index is 926. The van der Waals surface area contributed by atoms with Gasteiger partial charge in [0.25, 0.3) is 5.56 Å². The lowest BCUT2D eigenvalue weighted by Gasteiger charge is -2.26. The largest absolute Gasteiger partial charge is 0.497 e. The standard InChI is InChI=1S/C25H36N2O3/c1-5-13-26(16-18(2)3)24(28)17-27-23-15-21(30-4)12-11-20(23)14-22(25(27)29)19-9-7-6-8-10-19/h11-12,14-15,18-19H,5-10,13,16-17H2,1-4H3. The molecular formula is C25H36N2O3. The molecule has 1 aromatic heterocycles. The van der Waals surface area contributed by atoms with E-state index >= 15 is 0 Å². The Morgan fingerprint density at radius 2 is 1.93 bits per heavy atom. The molecule has 30 heavy (non-hydrogen) atoms. The van der Waals surface area contributed by atoms with Gasteiger partial charge in [-0.3, -0.25) is 14.2 Å². The molecule has 1 fully saturated rings. The molecule has 1 aromatic carbocycles. The van der Waals surface area contributed by atoms with Gasteiger partial charge in [0.15, 0.2) is 0 Å². The van der Waals surface area contributed by atoms with Gasteiger partial charge in [-0.1, -0.05) is 40.0 Å². The minimum absolute atomic E-state index is 0.0116. The van der Waals surface area contributed by atoms with Crippen LogP contribution in [0.25, 0.3) is 10.9 Å². The molecule has 5 heteroatoms. The van der Waals surface area contributed by atoms with E-state index in [0.717, 1.165) is 42.3 Å². The predicted molar refractivity (Wildman–Crippen MR) is 122 cm³/mol. The van der Waals surface area contributed by atoms with Crippen molar-refractivity contribution in [3.05, 3.63) is 40.2 Å². The number of rotatable bonds is 8. The molecule has 1 amide bonds. The lowest BCUT2D eigenvalue weighted by atomic mass is 9.84. The first kappa shape index (κ1) is 22.4. The topological polar surface area (TPSA) is 51.5 Å². The molecule has 0 N–H and O–H groups in total. The molecular weight excluding hydrogens is 376 g/mol. The molecule has 0 saturated heterocycles. The third-order valence-corrected chi connectivity index (χ3v) is 6.10. The van der Waals surface area contributed by atoms with Gasteiger partial charge in [-0.2, -0.15) is 0 Å². The Morgan fingerprint density at radius 1 is 1.20 bits per heavy atom. The minimum Gasteiger partial charge on any atom is -0.497 e. The highest BCUT2D eigenvalue weighted by Gasteiger charge is 2.23. The molecule has 0 radical (unpaired) electrons. The summed E-state index contributed by atoms with van der Waals surface area (Å²) in [5.74, 6) is 1.39. The fraction of sp³-hybridized carbons (Fsp3) is 0.600. The number of methoxy groups -OCH3 is 1. The van der Waals surface area contributed by atoms with Crippen LogP contribution < -0.4 is 10.3 Å². The average Bonchev–Trinajstić information content (AvgIpc) is 2.75. The summed E-state index contributed by atoms with van der Waals surface area (Å²) in [6, 6.07) is 7.85.